The van der Waals surface area contributed by atoms with E-state index in [1.54, 1.807) is 29.3 Å². The molecule has 0 aliphatic carbocycles. The molecule has 10 heteroatoms. The molecule has 1 aromatic heterocycles. The third kappa shape index (κ3) is 4.84. The van der Waals surface area contributed by atoms with Crippen LogP contribution in [0.5, 0.6) is 0 Å². The first-order valence-corrected chi connectivity index (χ1v) is 12.0. The molecule has 188 valence electrons. The number of urea groups is 2. The van der Waals surface area contributed by atoms with Crippen molar-refractivity contribution >= 4 is 40.7 Å². The van der Waals surface area contributed by atoms with Gasteiger partial charge in [-0.15, -0.1) is 0 Å². The number of fused-ring (bicyclic) bond motifs is 2. The molecule has 0 spiro atoms. The van der Waals surface area contributed by atoms with Crippen LogP contribution in [0, 0.1) is 11.3 Å². The number of hydrogen-bond acceptors (Lipinski definition) is 5. The zero-order valence-electron chi connectivity index (χ0n) is 20.3. The number of hydrogen-bond donors (Lipinski definition) is 3. The van der Waals surface area contributed by atoms with E-state index in [1.807, 2.05) is 29.2 Å². The van der Waals surface area contributed by atoms with Crippen molar-refractivity contribution in [2.24, 2.45) is 0 Å². The first kappa shape index (κ1) is 23.9. The largest absolute Gasteiger partial charge is 0.464 e. The van der Waals surface area contributed by atoms with Gasteiger partial charge in [0.2, 0.25) is 0 Å². The Hall–Kier alpha value is -4.78. The van der Waals surface area contributed by atoms with Gasteiger partial charge in [-0.05, 0) is 48.2 Å². The highest BCUT2D eigenvalue weighted by Crippen LogP contribution is 2.27. The van der Waals surface area contributed by atoms with Gasteiger partial charge < -0.3 is 30.2 Å². The highest BCUT2D eigenvalue weighted by atomic mass is 16.5. The fourth-order valence-corrected chi connectivity index (χ4v) is 4.84. The highest BCUT2D eigenvalue weighted by molar-refractivity contribution is 5.98. The van der Waals surface area contributed by atoms with Crippen LogP contribution in [0.3, 0.4) is 0 Å². The number of nitrogens with one attached hydrogen (secondary N) is 3. The second-order valence-electron chi connectivity index (χ2n) is 9.03. The number of esters is 1. The Bertz CT molecular complexity index is 1440. The van der Waals surface area contributed by atoms with Crippen molar-refractivity contribution in [3.05, 3.63) is 71.0 Å². The van der Waals surface area contributed by atoms with E-state index in [9.17, 15) is 19.6 Å². The highest BCUT2D eigenvalue weighted by Gasteiger charge is 2.33. The molecule has 0 atom stereocenters. The van der Waals surface area contributed by atoms with Gasteiger partial charge in [0.15, 0.2) is 0 Å². The van der Waals surface area contributed by atoms with Crippen LogP contribution in [-0.2, 0) is 16.1 Å². The van der Waals surface area contributed by atoms with Gasteiger partial charge in [0.05, 0.1) is 12.7 Å². The van der Waals surface area contributed by atoms with Crippen LogP contribution < -0.4 is 10.6 Å². The number of methoxy groups -OCH3 is 1. The van der Waals surface area contributed by atoms with Crippen molar-refractivity contribution in [3.8, 4) is 6.07 Å². The lowest BCUT2D eigenvalue weighted by atomic mass is 10.0. The number of anilines is 1. The quantitative estimate of drug-likeness (QED) is 0.372. The molecule has 3 heterocycles. The van der Waals surface area contributed by atoms with Gasteiger partial charge in [0, 0.05) is 48.5 Å². The molecule has 0 bridgehead atoms. The van der Waals surface area contributed by atoms with Gasteiger partial charge in [-0.2, -0.15) is 5.26 Å². The molecule has 0 saturated carbocycles. The van der Waals surface area contributed by atoms with Crippen molar-refractivity contribution < 1.29 is 19.1 Å². The fourth-order valence-electron chi connectivity index (χ4n) is 4.84. The summed E-state index contributed by atoms with van der Waals surface area (Å²) in [6.07, 6.45) is 4.40. The predicted octanol–water partition coefficient (Wildman–Crippen LogP) is 3.78. The van der Waals surface area contributed by atoms with E-state index in [4.69, 9.17) is 4.74 Å². The van der Waals surface area contributed by atoms with E-state index in [0.717, 1.165) is 22.2 Å². The number of aromatic nitrogens is 1. The Balaban J connectivity index is 1.25. The maximum atomic E-state index is 13.0. The van der Waals surface area contributed by atoms with Crippen LogP contribution in [0.25, 0.3) is 17.0 Å². The number of para-hydroxylation sites is 1. The minimum absolute atomic E-state index is 0.00460. The topological polar surface area (TPSA) is 131 Å². The normalized spacial score (nSPS) is 16.1. The van der Waals surface area contributed by atoms with Crippen LogP contribution in [-0.4, -0.2) is 59.1 Å². The fraction of sp³-hybridized carbons (Fsp3) is 0.259. The first-order chi connectivity index (χ1) is 18.0. The monoisotopic (exact) mass is 498 g/mol. The molecule has 2 aliphatic rings. The Labute approximate surface area is 213 Å². The smallest absolute Gasteiger partial charge is 0.354 e. The van der Waals surface area contributed by atoms with Gasteiger partial charge in [-0.25, -0.2) is 14.4 Å². The lowest BCUT2D eigenvalue weighted by Crippen LogP contribution is -2.52. The molecule has 0 radical (unpaired) electrons. The molecule has 3 N–H and O–H groups in total. The van der Waals surface area contributed by atoms with Crippen molar-refractivity contribution in [1.29, 1.82) is 5.26 Å². The first-order valence-electron chi connectivity index (χ1n) is 12.0. The average Bonchev–Trinajstić information content (AvgIpc) is 3.34. The van der Waals surface area contributed by atoms with E-state index in [2.05, 4.69) is 21.7 Å². The summed E-state index contributed by atoms with van der Waals surface area (Å²) < 4.78 is 4.88. The van der Waals surface area contributed by atoms with Gasteiger partial charge in [0.25, 0.3) is 0 Å². The summed E-state index contributed by atoms with van der Waals surface area (Å²) in [5.41, 5.74) is 3.82. The molecule has 5 rings (SSSR count). The molecule has 2 aliphatic heterocycles. The van der Waals surface area contributed by atoms with Gasteiger partial charge >= 0.3 is 18.0 Å². The van der Waals surface area contributed by atoms with E-state index < -0.39 is 12.0 Å². The summed E-state index contributed by atoms with van der Waals surface area (Å²) in [4.78, 5) is 44.6. The minimum atomic E-state index is -0.679. The molecule has 37 heavy (non-hydrogen) atoms. The molecule has 1 fully saturated rings. The second kappa shape index (κ2) is 10.1. The molecule has 2 aromatic carbocycles. The molecule has 0 unspecified atom stereocenters. The summed E-state index contributed by atoms with van der Waals surface area (Å²) in [7, 11) is 1.25. The van der Waals surface area contributed by atoms with E-state index in [0.29, 0.717) is 43.6 Å². The number of aromatic amines is 1. The Morgan fingerprint density at radius 3 is 2.73 bits per heavy atom. The Morgan fingerprint density at radius 2 is 1.97 bits per heavy atom. The Kier molecular flexibility index (Phi) is 6.51. The molecule has 1 saturated heterocycles. The van der Waals surface area contributed by atoms with Crippen LogP contribution in [0.4, 0.5) is 15.3 Å². The molecular formula is C27H26N6O4. The summed E-state index contributed by atoms with van der Waals surface area (Å²) in [6, 6.07) is 14.7. The summed E-state index contributed by atoms with van der Waals surface area (Å²) >= 11 is 0. The van der Waals surface area contributed by atoms with E-state index in [-0.39, 0.29) is 17.8 Å². The molecule has 10 nitrogen and oxygen atoms in total. The standard InChI is InChI=1S/C27H26N6O4/c1-37-25(34)24(13-17-6-7-23-21(12-17)19(14-28)15-29-23)31-26(35)32-10-8-20(9-11-32)33-16-18-4-2-3-5-22(18)30-27(33)36/h2-7,12-13,15,20,29H,8-11,16H2,1H3,(H,30,36)(H,31,35). The van der Waals surface area contributed by atoms with Crippen LogP contribution in [0.1, 0.15) is 29.5 Å². The lowest BCUT2D eigenvalue weighted by molar-refractivity contribution is -0.136. The Morgan fingerprint density at radius 1 is 1.19 bits per heavy atom. The van der Waals surface area contributed by atoms with Crippen LogP contribution in [0.2, 0.25) is 0 Å². The number of amides is 4. The van der Waals surface area contributed by atoms with Crippen molar-refractivity contribution in [2.75, 3.05) is 25.5 Å². The zero-order valence-corrected chi connectivity index (χ0v) is 20.3. The van der Waals surface area contributed by atoms with E-state index >= 15 is 0 Å². The van der Waals surface area contributed by atoms with Crippen molar-refractivity contribution in [2.45, 2.75) is 25.4 Å². The van der Waals surface area contributed by atoms with Gasteiger partial charge in [-0.3, -0.25) is 0 Å². The maximum Gasteiger partial charge on any atom is 0.354 e. The number of nitriles is 1. The zero-order chi connectivity index (χ0) is 25.9. The van der Waals surface area contributed by atoms with Crippen molar-refractivity contribution in [3.63, 3.8) is 0 Å². The number of carbonyl (C=O) groups excluding carboxylic acids is 3. The minimum Gasteiger partial charge on any atom is -0.464 e. The number of benzene rings is 2. The average molecular weight is 499 g/mol. The summed E-state index contributed by atoms with van der Waals surface area (Å²) in [5, 5.41) is 15.6. The molecular weight excluding hydrogens is 472 g/mol. The number of nitrogens with zero attached hydrogens (tertiary/aromatic N) is 3. The number of carbonyl (C=O) groups is 3. The SMILES string of the molecule is COC(=O)C(=Cc1ccc2[nH]cc(C#N)c2c1)NC(=O)N1CCC(N2Cc3ccccc3NC2=O)CC1. The number of likely N-dealkylation sites (tertiary alicyclic amines) is 1. The molecule has 3 aromatic rings. The van der Waals surface area contributed by atoms with E-state index in [1.165, 1.54) is 13.2 Å². The van der Waals surface area contributed by atoms with Gasteiger partial charge in [0.1, 0.15) is 11.8 Å². The number of rotatable bonds is 4. The number of H-pyrrole nitrogens is 1. The van der Waals surface area contributed by atoms with Crippen LogP contribution in [0.15, 0.2) is 54.4 Å². The maximum absolute atomic E-state index is 13.0. The number of piperidine rings is 1. The summed E-state index contributed by atoms with van der Waals surface area (Å²) in [5.74, 6) is -0.679. The second-order valence-corrected chi connectivity index (χ2v) is 9.03. The third-order valence-corrected chi connectivity index (χ3v) is 6.84. The number of ether oxygens (including phenoxy) is 1. The third-order valence-electron chi connectivity index (χ3n) is 6.84. The lowest BCUT2D eigenvalue weighted by Gasteiger charge is -2.40. The van der Waals surface area contributed by atoms with Gasteiger partial charge in [-0.1, -0.05) is 24.3 Å². The van der Waals surface area contributed by atoms with Crippen molar-refractivity contribution in [1.82, 2.24) is 20.1 Å². The predicted molar refractivity (Wildman–Crippen MR) is 137 cm³/mol. The summed E-state index contributed by atoms with van der Waals surface area (Å²) in [6.45, 7) is 1.42. The van der Waals surface area contributed by atoms with Crippen LogP contribution >= 0.6 is 0 Å². The molecule has 4 amide bonds.